The van der Waals surface area contributed by atoms with E-state index in [0.717, 1.165) is 16.8 Å². The van der Waals surface area contributed by atoms with Gasteiger partial charge in [0, 0.05) is 23.8 Å². The lowest BCUT2D eigenvalue weighted by atomic mass is 10.1. The minimum Gasteiger partial charge on any atom is -0.387 e. The van der Waals surface area contributed by atoms with Gasteiger partial charge in [0.2, 0.25) is 0 Å². The zero-order chi connectivity index (χ0) is 13.4. The molecule has 2 nitrogen and oxygen atoms in total. The van der Waals surface area contributed by atoms with Crippen molar-refractivity contribution < 1.29 is 0 Å². The van der Waals surface area contributed by atoms with E-state index in [2.05, 4.69) is 24.1 Å². The van der Waals surface area contributed by atoms with Crippen molar-refractivity contribution in [1.82, 2.24) is 4.98 Å². The van der Waals surface area contributed by atoms with Crippen molar-refractivity contribution in [2.45, 2.75) is 19.8 Å². The summed E-state index contributed by atoms with van der Waals surface area (Å²) in [5.41, 5.74) is 2.53. The van der Waals surface area contributed by atoms with Crippen molar-refractivity contribution in [3.8, 4) is 0 Å². The fraction of sp³-hybridized carbons (Fsp3) is 0.308. The quantitative estimate of drug-likeness (QED) is 0.755. The molecule has 1 heterocycles. The van der Waals surface area contributed by atoms with Crippen LogP contribution in [0.15, 0.2) is 12.1 Å². The summed E-state index contributed by atoms with van der Waals surface area (Å²) in [5, 5.41) is 5.31. The third kappa shape index (κ3) is 2.25. The van der Waals surface area contributed by atoms with Crippen LogP contribution in [0.25, 0.3) is 10.9 Å². The van der Waals surface area contributed by atoms with E-state index in [-0.39, 0.29) is 0 Å². The number of benzene rings is 1. The van der Waals surface area contributed by atoms with Gasteiger partial charge in [0.1, 0.15) is 0 Å². The minimum atomic E-state index is 0.312. The molecule has 0 aliphatic heterocycles. The van der Waals surface area contributed by atoms with E-state index in [1.807, 2.05) is 13.1 Å². The Balaban J connectivity index is 2.91. The molecule has 5 heteroatoms. The fourth-order valence-corrected chi connectivity index (χ4v) is 2.57. The van der Waals surface area contributed by atoms with Crippen LogP contribution >= 0.6 is 34.8 Å². The number of pyridine rings is 1. The van der Waals surface area contributed by atoms with Crippen molar-refractivity contribution in [1.29, 1.82) is 0 Å². The smallest absolute Gasteiger partial charge is 0.0928 e. The summed E-state index contributed by atoms with van der Waals surface area (Å²) in [6.45, 7) is 4.16. The average Bonchev–Trinajstić information content (AvgIpc) is 2.34. The molecule has 0 bridgehead atoms. The highest BCUT2D eigenvalue weighted by Gasteiger charge is 2.15. The number of halogens is 3. The van der Waals surface area contributed by atoms with Gasteiger partial charge in [-0.1, -0.05) is 48.7 Å². The van der Waals surface area contributed by atoms with E-state index in [9.17, 15) is 0 Å². The van der Waals surface area contributed by atoms with Crippen LogP contribution in [0.5, 0.6) is 0 Å². The van der Waals surface area contributed by atoms with Crippen LogP contribution in [0, 0.1) is 0 Å². The van der Waals surface area contributed by atoms with Gasteiger partial charge in [0.05, 0.1) is 20.6 Å². The van der Waals surface area contributed by atoms with Crippen molar-refractivity contribution in [3.05, 3.63) is 32.9 Å². The molecule has 0 spiro atoms. The first kappa shape index (κ1) is 13.7. The lowest BCUT2D eigenvalue weighted by molar-refractivity contribution is 0.830. The summed E-state index contributed by atoms with van der Waals surface area (Å²) >= 11 is 18.5. The second-order valence-corrected chi connectivity index (χ2v) is 5.57. The molecule has 1 N–H and O–H groups in total. The van der Waals surface area contributed by atoms with Crippen molar-refractivity contribution in [3.63, 3.8) is 0 Å². The van der Waals surface area contributed by atoms with Crippen LogP contribution in [0.4, 0.5) is 5.69 Å². The monoisotopic (exact) mass is 302 g/mol. The van der Waals surface area contributed by atoms with Crippen molar-refractivity contribution in [2.75, 3.05) is 12.4 Å². The Labute approximate surface area is 121 Å². The van der Waals surface area contributed by atoms with Gasteiger partial charge in [-0.2, -0.15) is 0 Å². The molecule has 96 valence electrons. The van der Waals surface area contributed by atoms with Crippen LogP contribution in [0.3, 0.4) is 0 Å². The van der Waals surface area contributed by atoms with Crippen LogP contribution in [-0.4, -0.2) is 12.0 Å². The molecule has 0 aliphatic rings. The molecular weight excluding hydrogens is 291 g/mol. The highest BCUT2D eigenvalue weighted by atomic mass is 35.5. The third-order valence-electron chi connectivity index (χ3n) is 2.81. The highest BCUT2D eigenvalue weighted by Crippen LogP contribution is 2.39. The molecule has 0 fully saturated rings. The Morgan fingerprint density at radius 2 is 1.78 bits per heavy atom. The first-order valence-electron chi connectivity index (χ1n) is 5.61. The number of hydrogen-bond donors (Lipinski definition) is 1. The predicted molar refractivity (Wildman–Crippen MR) is 80.4 cm³/mol. The maximum atomic E-state index is 6.24. The fourth-order valence-electron chi connectivity index (χ4n) is 1.82. The molecule has 0 unspecified atom stereocenters. The van der Waals surface area contributed by atoms with Crippen LogP contribution in [-0.2, 0) is 0 Å². The predicted octanol–water partition coefficient (Wildman–Crippen LogP) is 5.36. The summed E-state index contributed by atoms with van der Waals surface area (Å²) < 4.78 is 0. The maximum Gasteiger partial charge on any atom is 0.0928 e. The topological polar surface area (TPSA) is 24.9 Å². The summed E-state index contributed by atoms with van der Waals surface area (Å²) in [6, 6.07) is 3.61. The number of fused-ring (bicyclic) bond motifs is 1. The zero-order valence-corrected chi connectivity index (χ0v) is 12.6. The molecule has 0 saturated heterocycles. The second-order valence-electron chi connectivity index (χ2n) is 4.38. The normalized spacial score (nSPS) is 11.3. The first-order valence-corrected chi connectivity index (χ1v) is 6.75. The molecule has 18 heavy (non-hydrogen) atoms. The lowest BCUT2D eigenvalue weighted by Crippen LogP contribution is -1.99. The Morgan fingerprint density at radius 3 is 2.33 bits per heavy atom. The van der Waals surface area contributed by atoms with E-state index >= 15 is 0 Å². The number of nitrogens with zero attached hydrogens (tertiary/aromatic N) is 1. The van der Waals surface area contributed by atoms with Gasteiger partial charge < -0.3 is 5.32 Å². The van der Waals surface area contributed by atoms with Crippen LogP contribution < -0.4 is 5.32 Å². The van der Waals surface area contributed by atoms with Crippen LogP contribution in [0.2, 0.25) is 15.1 Å². The van der Waals surface area contributed by atoms with Crippen LogP contribution in [0.1, 0.15) is 25.5 Å². The van der Waals surface area contributed by atoms with Gasteiger partial charge in [-0.15, -0.1) is 0 Å². The Hall–Kier alpha value is -0.700. The SMILES string of the molecule is CNc1cc(C(C)C)nc2c(Cl)cc(Cl)c(Cl)c12. The summed E-state index contributed by atoms with van der Waals surface area (Å²) in [5.74, 6) is 0.312. The molecule has 0 saturated carbocycles. The Morgan fingerprint density at radius 1 is 1.11 bits per heavy atom. The largest absolute Gasteiger partial charge is 0.387 e. The van der Waals surface area contributed by atoms with Crippen molar-refractivity contribution in [2.24, 2.45) is 0 Å². The molecule has 1 aromatic carbocycles. The Kier molecular flexibility index (Phi) is 3.90. The van der Waals surface area contributed by atoms with E-state index in [1.165, 1.54) is 0 Å². The van der Waals surface area contributed by atoms with Gasteiger partial charge in [0.25, 0.3) is 0 Å². The maximum absolute atomic E-state index is 6.24. The van der Waals surface area contributed by atoms with Gasteiger partial charge in [0.15, 0.2) is 0 Å². The van der Waals surface area contributed by atoms with Gasteiger partial charge in [-0.3, -0.25) is 4.98 Å². The lowest BCUT2D eigenvalue weighted by Gasteiger charge is -2.14. The van der Waals surface area contributed by atoms with Crippen molar-refractivity contribution >= 4 is 51.4 Å². The van der Waals surface area contributed by atoms with Gasteiger partial charge in [-0.05, 0) is 18.1 Å². The zero-order valence-electron chi connectivity index (χ0n) is 10.3. The standard InChI is InChI=1S/C13H13Cl3N2/c1-6(2)9-5-10(17-3)11-12(16)7(14)4-8(15)13(11)18-9/h4-6H,1-3H3,(H,17,18). The number of rotatable bonds is 2. The van der Waals surface area contributed by atoms with E-state index < -0.39 is 0 Å². The number of nitrogens with one attached hydrogen (secondary N) is 1. The molecular formula is C13H13Cl3N2. The van der Waals surface area contributed by atoms with Gasteiger partial charge in [-0.25, -0.2) is 0 Å². The number of hydrogen-bond acceptors (Lipinski definition) is 2. The number of aromatic nitrogens is 1. The Bertz CT molecular complexity index is 609. The summed E-state index contributed by atoms with van der Waals surface area (Å²) in [6.07, 6.45) is 0. The first-order chi connectivity index (χ1) is 8.45. The molecule has 0 amide bonds. The average molecular weight is 304 g/mol. The molecule has 0 radical (unpaired) electrons. The number of anilines is 1. The third-order valence-corrected chi connectivity index (χ3v) is 3.88. The molecule has 2 rings (SSSR count). The van der Waals surface area contributed by atoms with E-state index in [1.54, 1.807) is 6.07 Å². The van der Waals surface area contributed by atoms with Gasteiger partial charge >= 0.3 is 0 Å². The van der Waals surface area contributed by atoms with E-state index in [4.69, 9.17) is 34.8 Å². The minimum absolute atomic E-state index is 0.312. The molecule has 0 atom stereocenters. The second kappa shape index (κ2) is 5.12. The van der Waals surface area contributed by atoms with E-state index in [0.29, 0.717) is 26.5 Å². The summed E-state index contributed by atoms with van der Waals surface area (Å²) in [7, 11) is 1.84. The molecule has 2 aromatic rings. The molecule has 0 aliphatic carbocycles. The summed E-state index contributed by atoms with van der Waals surface area (Å²) in [4.78, 5) is 4.57. The highest BCUT2D eigenvalue weighted by molar-refractivity contribution is 6.48. The molecule has 1 aromatic heterocycles.